The van der Waals surface area contributed by atoms with Gasteiger partial charge in [0.25, 0.3) is 0 Å². The number of para-hydroxylation sites is 2. The summed E-state index contributed by atoms with van der Waals surface area (Å²) in [4.78, 5) is 4.74. The van der Waals surface area contributed by atoms with E-state index in [4.69, 9.17) is 4.98 Å². The molecule has 0 bridgehead atoms. The van der Waals surface area contributed by atoms with Gasteiger partial charge < -0.3 is 5.32 Å². The number of anilines is 1. The van der Waals surface area contributed by atoms with Gasteiger partial charge in [-0.05, 0) is 38.8 Å². The van der Waals surface area contributed by atoms with Crippen LogP contribution in [0.15, 0.2) is 48.5 Å². The van der Waals surface area contributed by atoms with Crippen molar-refractivity contribution >= 4 is 37.5 Å². The second kappa shape index (κ2) is 8.67. The number of pyridine rings is 1. The van der Waals surface area contributed by atoms with Crippen LogP contribution in [0, 0.1) is 0 Å². The van der Waals surface area contributed by atoms with Gasteiger partial charge in [0.15, 0.2) is 0 Å². The van der Waals surface area contributed by atoms with Gasteiger partial charge in [0.1, 0.15) is 0 Å². The molecule has 1 aromatic heterocycles. The van der Waals surface area contributed by atoms with Gasteiger partial charge in [-0.25, -0.2) is 18.1 Å². The summed E-state index contributed by atoms with van der Waals surface area (Å²) < 4.78 is 26.1. The Kier molecular flexibility index (Phi) is 6.29. The van der Waals surface area contributed by atoms with E-state index in [1.807, 2.05) is 36.4 Å². The van der Waals surface area contributed by atoms with Crippen molar-refractivity contribution in [2.75, 3.05) is 18.4 Å². The molecule has 0 saturated carbocycles. The van der Waals surface area contributed by atoms with Gasteiger partial charge in [0, 0.05) is 23.9 Å². The molecule has 0 atom stereocenters. The third-order valence-electron chi connectivity index (χ3n) is 4.67. The standard InChI is InChI=1S/C21H27N3O2S/c1-16(2)27(25,26)23-15-9-3-8-14-22-21-17-10-4-6-12-19(17)24-20-13-7-5-11-18(20)21/h4-7,10-13,16,23H,3,8-9,14-15H2,1-2H3,(H,22,24). The maximum absolute atomic E-state index is 11.7. The van der Waals surface area contributed by atoms with E-state index >= 15 is 0 Å². The molecule has 0 aliphatic rings. The number of hydrogen-bond acceptors (Lipinski definition) is 4. The van der Waals surface area contributed by atoms with Gasteiger partial charge in [-0.2, -0.15) is 0 Å². The fourth-order valence-corrected chi connectivity index (χ4v) is 3.81. The molecule has 2 aromatic carbocycles. The molecule has 0 fully saturated rings. The zero-order valence-corrected chi connectivity index (χ0v) is 16.7. The molecular formula is C21H27N3O2S. The summed E-state index contributed by atoms with van der Waals surface area (Å²) in [6.45, 7) is 4.72. The van der Waals surface area contributed by atoms with Crippen molar-refractivity contribution in [3.8, 4) is 0 Å². The number of aromatic nitrogens is 1. The fraction of sp³-hybridized carbons (Fsp3) is 0.381. The lowest BCUT2D eigenvalue weighted by Gasteiger charge is -2.13. The van der Waals surface area contributed by atoms with Crippen LogP contribution in [0.5, 0.6) is 0 Å². The van der Waals surface area contributed by atoms with Crippen LogP contribution in [0.2, 0.25) is 0 Å². The smallest absolute Gasteiger partial charge is 0.213 e. The Balaban J connectivity index is 1.59. The highest BCUT2D eigenvalue weighted by atomic mass is 32.2. The molecule has 5 nitrogen and oxygen atoms in total. The number of nitrogens with one attached hydrogen (secondary N) is 2. The van der Waals surface area contributed by atoms with Crippen LogP contribution in [0.4, 0.5) is 5.69 Å². The summed E-state index contributed by atoms with van der Waals surface area (Å²) in [7, 11) is -3.16. The molecule has 0 amide bonds. The monoisotopic (exact) mass is 385 g/mol. The number of fused-ring (bicyclic) bond motifs is 2. The molecule has 0 aliphatic carbocycles. The minimum absolute atomic E-state index is 0.382. The van der Waals surface area contributed by atoms with E-state index < -0.39 is 10.0 Å². The lowest BCUT2D eigenvalue weighted by molar-refractivity contribution is 0.566. The summed E-state index contributed by atoms with van der Waals surface area (Å²) in [5.74, 6) is 0. The molecule has 2 N–H and O–H groups in total. The molecule has 27 heavy (non-hydrogen) atoms. The third-order valence-corrected chi connectivity index (χ3v) is 6.51. The van der Waals surface area contributed by atoms with E-state index in [9.17, 15) is 8.42 Å². The first-order valence-corrected chi connectivity index (χ1v) is 11.0. The second-order valence-electron chi connectivity index (χ2n) is 7.00. The Hall–Kier alpha value is -2.18. The van der Waals surface area contributed by atoms with E-state index in [-0.39, 0.29) is 5.25 Å². The highest BCUT2D eigenvalue weighted by Gasteiger charge is 2.14. The van der Waals surface area contributed by atoms with Crippen molar-refractivity contribution < 1.29 is 8.42 Å². The molecule has 144 valence electrons. The Morgan fingerprint density at radius 3 is 2.00 bits per heavy atom. The lowest BCUT2D eigenvalue weighted by atomic mass is 10.1. The van der Waals surface area contributed by atoms with Crippen LogP contribution < -0.4 is 10.0 Å². The Morgan fingerprint density at radius 2 is 1.41 bits per heavy atom. The number of sulfonamides is 1. The Bertz CT molecular complexity index is 962. The van der Waals surface area contributed by atoms with E-state index in [0.717, 1.165) is 53.3 Å². The Labute approximate surface area is 161 Å². The normalized spacial score (nSPS) is 12.1. The molecular weight excluding hydrogens is 358 g/mol. The van der Waals surface area contributed by atoms with Gasteiger partial charge in [-0.1, -0.05) is 42.8 Å². The molecule has 0 unspecified atom stereocenters. The fourth-order valence-electron chi connectivity index (χ4n) is 3.05. The van der Waals surface area contributed by atoms with Crippen LogP contribution in [-0.4, -0.2) is 31.7 Å². The summed E-state index contributed by atoms with van der Waals surface area (Å²) in [5, 5.41) is 5.45. The largest absolute Gasteiger partial charge is 0.384 e. The van der Waals surface area contributed by atoms with Gasteiger partial charge in [-0.15, -0.1) is 0 Å². The van der Waals surface area contributed by atoms with E-state index in [1.54, 1.807) is 13.8 Å². The molecule has 0 spiro atoms. The van der Waals surface area contributed by atoms with Gasteiger partial charge >= 0.3 is 0 Å². The number of rotatable bonds is 9. The van der Waals surface area contributed by atoms with Gasteiger partial charge in [0.05, 0.1) is 22.0 Å². The SMILES string of the molecule is CC(C)S(=O)(=O)NCCCCCNc1c2ccccc2nc2ccccc12. The van der Waals surface area contributed by atoms with E-state index in [2.05, 4.69) is 22.2 Å². The average Bonchev–Trinajstić information content (AvgIpc) is 2.66. The van der Waals surface area contributed by atoms with Crippen LogP contribution >= 0.6 is 0 Å². The van der Waals surface area contributed by atoms with Crippen LogP contribution in [0.3, 0.4) is 0 Å². The predicted molar refractivity (Wildman–Crippen MR) is 114 cm³/mol. The molecule has 1 heterocycles. The highest BCUT2D eigenvalue weighted by molar-refractivity contribution is 7.90. The maximum Gasteiger partial charge on any atom is 0.213 e. The van der Waals surface area contributed by atoms with Crippen molar-refractivity contribution in [1.29, 1.82) is 0 Å². The number of hydrogen-bond donors (Lipinski definition) is 2. The minimum atomic E-state index is -3.16. The first kappa shape index (κ1) is 19.6. The molecule has 0 radical (unpaired) electrons. The molecule has 0 saturated heterocycles. The first-order chi connectivity index (χ1) is 13.0. The summed E-state index contributed by atoms with van der Waals surface area (Å²) >= 11 is 0. The quantitative estimate of drug-likeness (QED) is 0.426. The van der Waals surface area contributed by atoms with Crippen molar-refractivity contribution in [3.63, 3.8) is 0 Å². The zero-order chi connectivity index (χ0) is 19.3. The van der Waals surface area contributed by atoms with Crippen molar-refractivity contribution in [2.45, 2.75) is 38.4 Å². The zero-order valence-electron chi connectivity index (χ0n) is 15.9. The maximum atomic E-state index is 11.7. The van der Waals surface area contributed by atoms with Crippen molar-refractivity contribution in [3.05, 3.63) is 48.5 Å². The predicted octanol–water partition coefficient (Wildman–Crippen LogP) is 4.30. The van der Waals surface area contributed by atoms with Crippen molar-refractivity contribution in [2.24, 2.45) is 0 Å². The highest BCUT2D eigenvalue weighted by Crippen LogP contribution is 2.30. The second-order valence-corrected chi connectivity index (χ2v) is 9.32. The number of nitrogens with zero attached hydrogens (tertiary/aromatic N) is 1. The van der Waals surface area contributed by atoms with Crippen molar-refractivity contribution in [1.82, 2.24) is 9.71 Å². The van der Waals surface area contributed by atoms with Gasteiger partial charge in [-0.3, -0.25) is 0 Å². The Morgan fingerprint density at radius 1 is 0.852 bits per heavy atom. The minimum Gasteiger partial charge on any atom is -0.384 e. The van der Waals surface area contributed by atoms with E-state index in [0.29, 0.717) is 6.54 Å². The first-order valence-electron chi connectivity index (χ1n) is 9.49. The molecule has 0 aliphatic heterocycles. The summed E-state index contributed by atoms with van der Waals surface area (Å²) in [5.41, 5.74) is 3.10. The topological polar surface area (TPSA) is 71.1 Å². The van der Waals surface area contributed by atoms with Crippen LogP contribution in [0.1, 0.15) is 33.1 Å². The van der Waals surface area contributed by atoms with E-state index in [1.165, 1.54) is 0 Å². The number of unbranched alkanes of at least 4 members (excludes halogenated alkanes) is 2. The molecule has 3 aromatic rings. The third kappa shape index (κ3) is 4.76. The molecule has 3 rings (SSSR count). The summed E-state index contributed by atoms with van der Waals surface area (Å²) in [6.07, 6.45) is 2.79. The molecule has 6 heteroatoms. The number of benzene rings is 2. The average molecular weight is 386 g/mol. The van der Waals surface area contributed by atoms with Crippen LogP contribution in [0.25, 0.3) is 21.8 Å². The van der Waals surface area contributed by atoms with Crippen LogP contribution in [-0.2, 0) is 10.0 Å². The van der Waals surface area contributed by atoms with Gasteiger partial charge in [0.2, 0.25) is 10.0 Å². The summed E-state index contributed by atoms with van der Waals surface area (Å²) in [6, 6.07) is 16.3. The lowest BCUT2D eigenvalue weighted by Crippen LogP contribution is -2.31.